The number of unbranched alkanes of at least 4 members (excludes halogenated alkanes) is 34. The third-order valence-corrected chi connectivity index (χ3v) is 14.6. The molecule has 0 aliphatic heterocycles. The van der Waals surface area contributed by atoms with Gasteiger partial charge in [-0.2, -0.15) is 0 Å². The molecule has 0 rings (SSSR count). The SMILES string of the molecule is CC/C=C\C/C=C\C/C=C\C/C=C\CCC(=O)OCC(COC(=O)CCCCCCCCCCCCCCCCCC/C=C\C/C=C\C/C=C\CCCCCCC)OC(=O)CCCCCCCCC/C=C\CCCCCCCC. The summed E-state index contributed by atoms with van der Waals surface area (Å²) >= 11 is 0. The van der Waals surface area contributed by atoms with Crippen LogP contribution in [0.15, 0.2) is 97.2 Å². The van der Waals surface area contributed by atoms with E-state index in [1.165, 1.54) is 205 Å². The van der Waals surface area contributed by atoms with Gasteiger partial charge in [0.2, 0.25) is 0 Å². The highest BCUT2D eigenvalue weighted by Crippen LogP contribution is 2.17. The molecule has 0 N–H and O–H groups in total. The maximum atomic E-state index is 12.9. The molecule has 0 aromatic rings. The zero-order chi connectivity index (χ0) is 57.1. The Balaban J connectivity index is 4.24. The van der Waals surface area contributed by atoms with Gasteiger partial charge in [0.15, 0.2) is 6.10 Å². The molecule has 6 nitrogen and oxygen atoms in total. The Morgan fingerprint density at radius 1 is 0.266 bits per heavy atom. The van der Waals surface area contributed by atoms with Gasteiger partial charge in [-0.3, -0.25) is 14.4 Å². The molecule has 0 fully saturated rings. The monoisotopic (exact) mass is 1100 g/mol. The van der Waals surface area contributed by atoms with Crippen molar-refractivity contribution in [2.24, 2.45) is 0 Å². The van der Waals surface area contributed by atoms with Crippen LogP contribution in [0, 0.1) is 0 Å². The fourth-order valence-corrected chi connectivity index (χ4v) is 9.52. The summed E-state index contributed by atoms with van der Waals surface area (Å²) in [5, 5.41) is 0. The Bertz CT molecular complexity index is 1540. The van der Waals surface area contributed by atoms with Crippen LogP contribution in [0.5, 0.6) is 0 Å². The number of rotatable bonds is 61. The first kappa shape index (κ1) is 75.3. The van der Waals surface area contributed by atoms with E-state index in [4.69, 9.17) is 14.2 Å². The second-order valence-electron chi connectivity index (χ2n) is 22.3. The molecule has 0 spiro atoms. The van der Waals surface area contributed by atoms with E-state index in [-0.39, 0.29) is 37.5 Å². The van der Waals surface area contributed by atoms with E-state index in [0.717, 1.165) is 77.0 Å². The zero-order valence-electron chi connectivity index (χ0n) is 52.1. The van der Waals surface area contributed by atoms with Crippen molar-refractivity contribution in [1.29, 1.82) is 0 Å². The number of esters is 3. The molecule has 0 aliphatic carbocycles. The molecule has 0 bridgehead atoms. The van der Waals surface area contributed by atoms with Crippen LogP contribution in [0.3, 0.4) is 0 Å². The van der Waals surface area contributed by atoms with Crippen molar-refractivity contribution >= 4 is 17.9 Å². The first-order chi connectivity index (χ1) is 39.0. The molecule has 6 heteroatoms. The summed E-state index contributed by atoms with van der Waals surface area (Å²) in [6.45, 7) is 6.47. The summed E-state index contributed by atoms with van der Waals surface area (Å²) in [7, 11) is 0. The normalized spacial score (nSPS) is 12.7. The first-order valence-corrected chi connectivity index (χ1v) is 33.7. The van der Waals surface area contributed by atoms with Crippen LogP contribution in [-0.4, -0.2) is 37.2 Å². The van der Waals surface area contributed by atoms with Crippen molar-refractivity contribution in [1.82, 2.24) is 0 Å². The molecule has 0 aromatic carbocycles. The van der Waals surface area contributed by atoms with Gasteiger partial charge in [0.05, 0.1) is 0 Å². The summed E-state index contributed by atoms with van der Waals surface area (Å²) in [5.41, 5.74) is 0. The van der Waals surface area contributed by atoms with Gasteiger partial charge in [0, 0.05) is 19.3 Å². The minimum Gasteiger partial charge on any atom is -0.462 e. The number of ether oxygens (including phenoxy) is 3. The van der Waals surface area contributed by atoms with E-state index >= 15 is 0 Å². The van der Waals surface area contributed by atoms with Crippen LogP contribution in [-0.2, 0) is 28.6 Å². The average molecular weight is 1100 g/mol. The maximum absolute atomic E-state index is 12.9. The number of carbonyl (C=O) groups excluding carboxylic acids is 3. The summed E-state index contributed by atoms with van der Waals surface area (Å²) in [6.07, 6.45) is 90.2. The third-order valence-electron chi connectivity index (χ3n) is 14.6. The highest BCUT2D eigenvalue weighted by atomic mass is 16.6. The fraction of sp³-hybridized carbons (Fsp3) is 0.740. The second-order valence-corrected chi connectivity index (χ2v) is 22.3. The molecule has 0 saturated heterocycles. The van der Waals surface area contributed by atoms with Gasteiger partial charge >= 0.3 is 17.9 Å². The molecule has 0 aliphatic rings. The van der Waals surface area contributed by atoms with E-state index in [1.54, 1.807) is 0 Å². The lowest BCUT2D eigenvalue weighted by Gasteiger charge is -2.18. The Hall–Kier alpha value is -3.67. The summed E-state index contributed by atoms with van der Waals surface area (Å²) in [6, 6.07) is 0. The Labute approximate surface area is 489 Å². The largest absolute Gasteiger partial charge is 0.462 e. The lowest BCUT2D eigenvalue weighted by Crippen LogP contribution is -2.30. The molecule has 79 heavy (non-hydrogen) atoms. The third kappa shape index (κ3) is 65.0. The predicted molar refractivity (Wildman–Crippen MR) is 344 cm³/mol. The topological polar surface area (TPSA) is 78.9 Å². The first-order valence-electron chi connectivity index (χ1n) is 33.7. The van der Waals surface area contributed by atoms with Crippen molar-refractivity contribution in [3.63, 3.8) is 0 Å². The Morgan fingerprint density at radius 3 is 0.861 bits per heavy atom. The van der Waals surface area contributed by atoms with Crippen LogP contribution >= 0.6 is 0 Å². The number of hydrogen-bond acceptors (Lipinski definition) is 6. The molecular weight excluding hydrogens is 973 g/mol. The minimum absolute atomic E-state index is 0.0994. The van der Waals surface area contributed by atoms with Gasteiger partial charge in [0.25, 0.3) is 0 Å². The smallest absolute Gasteiger partial charge is 0.306 e. The van der Waals surface area contributed by atoms with Crippen molar-refractivity contribution in [2.75, 3.05) is 13.2 Å². The quantitative estimate of drug-likeness (QED) is 0.0261. The lowest BCUT2D eigenvalue weighted by molar-refractivity contribution is -0.166. The van der Waals surface area contributed by atoms with Crippen LogP contribution in [0.4, 0.5) is 0 Å². The van der Waals surface area contributed by atoms with Crippen molar-refractivity contribution in [2.45, 2.75) is 335 Å². The van der Waals surface area contributed by atoms with E-state index in [2.05, 4.69) is 112 Å². The molecule has 0 aromatic heterocycles. The van der Waals surface area contributed by atoms with Crippen LogP contribution in [0.25, 0.3) is 0 Å². The van der Waals surface area contributed by atoms with Gasteiger partial charge in [-0.05, 0) is 109 Å². The zero-order valence-corrected chi connectivity index (χ0v) is 52.1. The predicted octanol–water partition coefficient (Wildman–Crippen LogP) is 23.2. The Kier molecular flexibility index (Phi) is 63.7. The molecular formula is C73H126O6. The second kappa shape index (κ2) is 66.8. The molecule has 0 amide bonds. The van der Waals surface area contributed by atoms with Crippen molar-refractivity contribution < 1.29 is 28.6 Å². The fourth-order valence-electron chi connectivity index (χ4n) is 9.52. The van der Waals surface area contributed by atoms with Gasteiger partial charge in [-0.15, -0.1) is 0 Å². The highest BCUT2D eigenvalue weighted by Gasteiger charge is 2.19. The summed E-state index contributed by atoms with van der Waals surface area (Å²) in [5.74, 6) is -0.978. The van der Waals surface area contributed by atoms with Crippen LogP contribution in [0.2, 0.25) is 0 Å². The van der Waals surface area contributed by atoms with Gasteiger partial charge in [-0.1, -0.05) is 298 Å². The standard InChI is InChI=1S/C73H126O6/c1-4-7-10-13-16-19-22-25-27-29-30-31-32-33-34-35-36-37-38-39-40-41-42-44-45-48-51-54-57-60-63-66-72(75)78-69-70(68-77-71(74)65-62-59-56-53-50-47-24-21-18-15-12-9-6-3)79-73(76)67-64-61-58-55-52-49-46-43-28-26-23-20-17-14-11-8-5-2/h9,12,18,21-22,25-26,28-30,32-33,47,50,56,59,70H,4-8,10-11,13-17,19-20,23-24,27,31,34-46,48-49,51-55,57-58,60-69H2,1-3H3/b12-9-,21-18-,25-22-,28-26-,30-29-,33-32-,50-47-,59-56-. The molecule has 0 heterocycles. The number of carbonyl (C=O) groups is 3. The highest BCUT2D eigenvalue weighted by molar-refractivity contribution is 5.71. The Morgan fingerprint density at radius 2 is 0.519 bits per heavy atom. The molecule has 1 unspecified atom stereocenters. The van der Waals surface area contributed by atoms with Crippen LogP contribution < -0.4 is 0 Å². The van der Waals surface area contributed by atoms with Crippen LogP contribution in [0.1, 0.15) is 329 Å². The number of allylic oxidation sites excluding steroid dienone is 16. The molecule has 1 atom stereocenters. The van der Waals surface area contributed by atoms with Gasteiger partial charge < -0.3 is 14.2 Å². The number of hydrogen-bond donors (Lipinski definition) is 0. The summed E-state index contributed by atoms with van der Waals surface area (Å²) < 4.78 is 16.9. The molecule has 0 radical (unpaired) electrons. The van der Waals surface area contributed by atoms with E-state index in [9.17, 15) is 14.4 Å². The minimum atomic E-state index is -0.809. The summed E-state index contributed by atoms with van der Waals surface area (Å²) in [4.78, 5) is 38.3. The van der Waals surface area contributed by atoms with Crippen molar-refractivity contribution in [3.05, 3.63) is 97.2 Å². The molecule has 0 saturated carbocycles. The van der Waals surface area contributed by atoms with Gasteiger partial charge in [0.1, 0.15) is 13.2 Å². The molecule has 454 valence electrons. The van der Waals surface area contributed by atoms with E-state index in [1.807, 2.05) is 6.08 Å². The average Bonchev–Trinajstić information content (AvgIpc) is 3.45. The van der Waals surface area contributed by atoms with Crippen molar-refractivity contribution in [3.8, 4) is 0 Å². The van der Waals surface area contributed by atoms with E-state index < -0.39 is 6.10 Å². The van der Waals surface area contributed by atoms with Gasteiger partial charge in [-0.25, -0.2) is 0 Å². The lowest BCUT2D eigenvalue weighted by atomic mass is 10.0. The van der Waals surface area contributed by atoms with E-state index in [0.29, 0.717) is 19.3 Å². The maximum Gasteiger partial charge on any atom is 0.306 e.